The van der Waals surface area contributed by atoms with Crippen LogP contribution < -0.4 is 15.5 Å². The zero-order valence-corrected chi connectivity index (χ0v) is 15.5. The van der Waals surface area contributed by atoms with Gasteiger partial charge in [0.05, 0.1) is 19.8 Å². The molecule has 25 heavy (non-hydrogen) atoms. The first-order valence-electron chi connectivity index (χ1n) is 9.59. The smallest absolute Gasteiger partial charge is 0.238 e. The van der Waals surface area contributed by atoms with Crippen molar-refractivity contribution in [3.05, 3.63) is 24.3 Å². The monoisotopic (exact) mass is 345 g/mol. The summed E-state index contributed by atoms with van der Waals surface area (Å²) in [6, 6.07) is 8.55. The predicted octanol–water partition coefficient (Wildman–Crippen LogP) is 2.88. The van der Waals surface area contributed by atoms with Gasteiger partial charge in [0, 0.05) is 30.5 Å². The van der Waals surface area contributed by atoms with Crippen LogP contribution in [0.2, 0.25) is 0 Å². The highest BCUT2D eigenvalue weighted by molar-refractivity contribution is 5.92. The summed E-state index contributed by atoms with van der Waals surface area (Å²) < 4.78 is 5.38. The summed E-state index contributed by atoms with van der Waals surface area (Å²) in [6.45, 7) is 8.40. The lowest BCUT2D eigenvalue weighted by molar-refractivity contribution is -0.115. The quantitative estimate of drug-likeness (QED) is 0.862. The van der Waals surface area contributed by atoms with Crippen molar-refractivity contribution in [3.8, 4) is 0 Å². The third kappa shape index (κ3) is 4.95. The number of amides is 1. The second-order valence-corrected chi connectivity index (χ2v) is 7.45. The van der Waals surface area contributed by atoms with Crippen molar-refractivity contribution in [2.45, 2.75) is 39.2 Å². The van der Waals surface area contributed by atoms with Gasteiger partial charge in [0.25, 0.3) is 0 Å². The normalized spacial score (nSPS) is 27.1. The van der Waals surface area contributed by atoms with Crippen LogP contribution in [0, 0.1) is 11.8 Å². The molecule has 0 spiro atoms. The van der Waals surface area contributed by atoms with Crippen molar-refractivity contribution in [3.63, 3.8) is 0 Å². The number of morpholine rings is 1. The molecule has 1 aromatic carbocycles. The molecule has 0 bridgehead atoms. The van der Waals surface area contributed by atoms with Gasteiger partial charge in [-0.3, -0.25) is 4.79 Å². The van der Waals surface area contributed by atoms with Crippen LogP contribution >= 0.6 is 0 Å². The van der Waals surface area contributed by atoms with Gasteiger partial charge in [-0.25, -0.2) is 0 Å². The van der Waals surface area contributed by atoms with Crippen LogP contribution in [0.4, 0.5) is 11.4 Å². The van der Waals surface area contributed by atoms with Gasteiger partial charge in [-0.15, -0.1) is 0 Å². The van der Waals surface area contributed by atoms with Crippen molar-refractivity contribution < 1.29 is 9.53 Å². The summed E-state index contributed by atoms with van der Waals surface area (Å²) >= 11 is 0. The van der Waals surface area contributed by atoms with E-state index in [2.05, 4.69) is 41.5 Å². The first-order chi connectivity index (χ1) is 12.1. The van der Waals surface area contributed by atoms with Crippen LogP contribution in [-0.2, 0) is 9.53 Å². The van der Waals surface area contributed by atoms with Gasteiger partial charge < -0.3 is 20.3 Å². The minimum atomic E-state index is 0.0320. The summed E-state index contributed by atoms with van der Waals surface area (Å²) in [4.78, 5) is 14.5. The molecule has 0 aromatic heterocycles. The molecule has 1 heterocycles. The highest BCUT2D eigenvalue weighted by Crippen LogP contribution is 2.29. The highest BCUT2D eigenvalue weighted by atomic mass is 16.5. The molecule has 0 radical (unpaired) electrons. The zero-order chi connectivity index (χ0) is 17.6. The first-order valence-corrected chi connectivity index (χ1v) is 9.59. The van der Waals surface area contributed by atoms with Crippen molar-refractivity contribution >= 4 is 17.3 Å². The third-order valence-corrected chi connectivity index (χ3v) is 5.76. The Morgan fingerprint density at radius 2 is 1.88 bits per heavy atom. The average Bonchev–Trinajstić information content (AvgIpc) is 2.64. The molecular formula is C20H31N3O2. The van der Waals surface area contributed by atoms with Crippen LogP contribution in [0.3, 0.4) is 0 Å². The topological polar surface area (TPSA) is 53.6 Å². The molecule has 1 aromatic rings. The van der Waals surface area contributed by atoms with Crippen molar-refractivity contribution in [2.75, 3.05) is 43.1 Å². The summed E-state index contributed by atoms with van der Waals surface area (Å²) in [5, 5.41) is 6.44. The van der Waals surface area contributed by atoms with Crippen LogP contribution in [-0.4, -0.2) is 44.8 Å². The molecular weight excluding hydrogens is 314 g/mol. The lowest BCUT2D eigenvalue weighted by atomic mass is 9.78. The number of nitrogens with zero attached hydrogens (tertiary/aromatic N) is 1. The predicted molar refractivity (Wildman–Crippen MR) is 102 cm³/mol. The SMILES string of the molecule is C[C@@H]1[C@H](C)CCC[C@@H]1NCC(=O)Nc1ccc(N2CCOCC2)cc1. The summed E-state index contributed by atoms with van der Waals surface area (Å²) in [6.07, 6.45) is 3.74. The lowest BCUT2D eigenvalue weighted by Crippen LogP contribution is -2.43. The molecule has 3 atom stereocenters. The molecule has 1 aliphatic carbocycles. The maximum absolute atomic E-state index is 12.2. The molecule has 5 heteroatoms. The van der Waals surface area contributed by atoms with E-state index in [9.17, 15) is 4.79 Å². The van der Waals surface area contributed by atoms with E-state index >= 15 is 0 Å². The van der Waals surface area contributed by atoms with Crippen LogP contribution in [0.5, 0.6) is 0 Å². The van der Waals surface area contributed by atoms with E-state index in [0.717, 1.165) is 37.9 Å². The number of benzene rings is 1. The maximum Gasteiger partial charge on any atom is 0.238 e. The van der Waals surface area contributed by atoms with E-state index in [0.29, 0.717) is 18.5 Å². The van der Waals surface area contributed by atoms with Crippen molar-refractivity contribution in [1.29, 1.82) is 0 Å². The molecule has 2 fully saturated rings. The van der Waals surface area contributed by atoms with Crippen LogP contribution in [0.25, 0.3) is 0 Å². The van der Waals surface area contributed by atoms with E-state index in [1.165, 1.54) is 24.9 Å². The molecule has 0 unspecified atom stereocenters. The molecule has 1 aliphatic heterocycles. The molecule has 3 rings (SSSR count). The Morgan fingerprint density at radius 3 is 2.60 bits per heavy atom. The largest absolute Gasteiger partial charge is 0.378 e. The standard InChI is InChI=1S/C20H31N3O2/c1-15-4-3-5-19(16(15)2)21-14-20(24)22-17-6-8-18(9-7-17)23-10-12-25-13-11-23/h6-9,15-16,19,21H,3-5,10-14H2,1-2H3,(H,22,24)/t15-,16-,19+/m1/s1. The first kappa shape index (κ1) is 18.2. The van der Waals surface area contributed by atoms with Gasteiger partial charge >= 0.3 is 0 Å². The van der Waals surface area contributed by atoms with E-state index in [1.807, 2.05) is 12.1 Å². The fraction of sp³-hybridized carbons (Fsp3) is 0.650. The van der Waals surface area contributed by atoms with Gasteiger partial charge in [-0.2, -0.15) is 0 Å². The lowest BCUT2D eigenvalue weighted by Gasteiger charge is -2.34. The second kappa shape index (κ2) is 8.68. The molecule has 5 nitrogen and oxygen atoms in total. The number of rotatable bonds is 5. The Labute approximate surface area is 151 Å². The molecule has 2 aliphatic rings. The van der Waals surface area contributed by atoms with Gasteiger partial charge in [0.1, 0.15) is 0 Å². The van der Waals surface area contributed by atoms with Gasteiger partial charge in [0.15, 0.2) is 0 Å². The molecule has 1 amide bonds. The molecule has 1 saturated heterocycles. The third-order valence-electron chi connectivity index (χ3n) is 5.76. The number of carbonyl (C=O) groups excluding carboxylic acids is 1. The number of carbonyl (C=O) groups is 1. The number of ether oxygens (including phenoxy) is 1. The summed E-state index contributed by atoms with van der Waals surface area (Å²) in [5.41, 5.74) is 2.04. The van der Waals surface area contributed by atoms with E-state index in [4.69, 9.17) is 4.74 Å². The fourth-order valence-corrected chi connectivity index (χ4v) is 3.88. The molecule has 2 N–H and O–H groups in total. The Balaban J connectivity index is 1.46. The van der Waals surface area contributed by atoms with Crippen molar-refractivity contribution in [2.24, 2.45) is 11.8 Å². The van der Waals surface area contributed by atoms with Gasteiger partial charge in [-0.05, 0) is 42.5 Å². The zero-order valence-electron chi connectivity index (χ0n) is 15.5. The summed E-state index contributed by atoms with van der Waals surface area (Å²) in [5.74, 6) is 1.40. The van der Waals surface area contributed by atoms with Crippen LogP contribution in [0.15, 0.2) is 24.3 Å². The van der Waals surface area contributed by atoms with Gasteiger partial charge in [-0.1, -0.05) is 26.7 Å². The minimum Gasteiger partial charge on any atom is -0.378 e. The average molecular weight is 345 g/mol. The van der Waals surface area contributed by atoms with Crippen LogP contribution in [0.1, 0.15) is 33.1 Å². The number of anilines is 2. The summed E-state index contributed by atoms with van der Waals surface area (Å²) in [7, 11) is 0. The second-order valence-electron chi connectivity index (χ2n) is 7.45. The number of nitrogens with one attached hydrogen (secondary N) is 2. The number of hydrogen-bond acceptors (Lipinski definition) is 4. The van der Waals surface area contributed by atoms with E-state index < -0.39 is 0 Å². The van der Waals surface area contributed by atoms with Gasteiger partial charge in [0.2, 0.25) is 5.91 Å². The maximum atomic E-state index is 12.2. The minimum absolute atomic E-state index is 0.0320. The highest BCUT2D eigenvalue weighted by Gasteiger charge is 2.26. The fourth-order valence-electron chi connectivity index (χ4n) is 3.88. The number of hydrogen-bond donors (Lipinski definition) is 2. The Bertz CT molecular complexity index is 555. The van der Waals surface area contributed by atoms with E-state index in [1.54, 1.807) is 0 Å². The molecule has 1 saturated carbocycles. The Kier molecular flexibility index (Phi) is 6.32. The van der Waals surface area contributed by atoms with E-state index in [-0.39, 0.29) is 5.91 Å². The Hall–Kier alpha value is -1.59. The molecule has 138 valence electrons. The Morgan fingerprint density at radius 1 is 1.16 bits per heavy atom. The van der Waals surface area contributed by atoms with Crippen molar-refractivity contribution in [1.82, 2.24) is 5.32 Å².